The molecule has 0 radical (unpaired) electrons. The zero-order valence-corrected chi connectivity index (χ0v) is 24.4. The van der Waals surface area contributed by atoms with Crippen molar-refractivity contribution < 1.29 is 4.79 Å². The van der Waals surface area contributed by atoms with Crippen molar-refractivity contribution in [2.75, 3.05) is 55.7 Å². The van der Waals surface area contributed by atoms with Gasteiger partial charge >= 0.3 is 205 Å². The molecule has 4 nitrogen and oxygen atoms in total. The molecule has 0 unspecified atom stereocenters. The predicted molar refractivity (Wildman–Crippen MR) is 154 cm³/mol. The fourth-order valence-electron chi connectivity index (χ4n) is 5.49. The standard InChI is InChI=1S/C28H38AsN3OS2/c1-2-30-15-12-24(13-16-30)21-32(27-10-8-26(9-11-27)29-34-18-19-35-29)28(33)25-14-17-31(22-25)20-23-6-4-3-5-7-23/h3-11,24-25H,2,12-22H2,1H3/t25-/m0/s1. The normalized spacial score (nSPS) is 22.6. The summed E-state index contributed by atoms with van der Waals surface area (Å²) >= 11 is -0.983. The first-order valence-electron chi connectivity index (χ1n) is 13.2. The summed E-state index contributed by atoms with van der Waals surface area (Å²) < 4.78 is 1.53. The van der Waals surface area contributed by atoms with Crippen LogP contribution in [0.15, 0.2) is 54.6 Å². The van der Waals surface area contributed by atoms with Gasteiger partial charge in [-0.15, -0.1) is 0 Å². The van der Waals surface area contributed by atoms with E-state index in [1.165, 1.54) is 47.4 Å². The van der Waals surface area contributed by atoms with E-state index in [1.54, 1.807) is 0 Å². The van der Waals surface area contributed by atoms with Crippen LogP contribution in [0.1, 0.15) is 31.7 Å². The number of carbonyl (C=O) groups excluding carboxylic acids is 1. The Labute approximate surface area is 222 Å². The summed E-state index contributed by atoms with van der Waals surface area (Å²) in [5, 5.41) is 0. The minimum absolute atomic E-state index is 0.102. The van der Waals surface area contributed by atoms with Gasteiger partial charge in [0.2, 0.25) is 0 Å². The molecule has 5 rings (SSSR count). The number of benzene rings is 2. The first-order chi connectivity index (χ1) is 17.2. The van der Waals surface area contributed by atoms with Crippen LogP contribution in [0.2, 0.25) is 0 Å². The van der Waals surface area contributed by atoms with Gasteiger partial charge in [-0.2, -0.15) is 0 Å². The van der Waals surface area contributed by atoms with Crippen LogP contribution in [-0.4, -0.2) is 78.8 Å². The fraction of sp³-hybridized carbons (Fsp3) is 0.536. The molecule has 3 aliphatic heterocycles. The third-order valence-electron chi connectivity index (χ3n) is 7.60. The number of piperidine rings is 1. The van der Waals surface area contributed by atoms with Crippen molar-refractivity contribution >= 4 is 48.3 Å². The molecule has 35 heavy (non-hydrogen) atoms. The Balaban J connectivity index is 1.28. The van der Waals surface area contributed by atoms with Crippen LogP contribution in [0.25, 0.3) is 0 Å². The van der Waals surface area contributed by atoms with Crippen molar-refractivity contribution in [1.82, 2.24) is 9.80 Å². The Bertz CT molecular complexity index is 946. The van der Waals surface area contributed by atoms with Crippen molar-refractivity contribution in [2.24, 2.45) is 11.8 Å². The Morgan fingerprint density at radius 3 is 2.31 bits per heavy atom. The average Bonchev–Trinajstić information content (AvgIpc) is 3.61. The number of amides is 1. The van der Waals surface area contributed by atoms with Gasteiger partial charge in [0.25, 0.3) is 0 Å². The molecular formula is C28H38AsN3OS2. The van der Waals surface area contributed by atoms with Crippen LogP contribution < -0.4 is 9.25 Å². The third-order valence-corrected chi connectivity index (χ3v) is 21.3. The number of carbonyl (C=O) groups is 1. The van der Waals surface area contributed by atoms with Crippen LogP contribution in [0, 0.1) is 11.8 Å². The number of hydrogen-bond donors (Lipinski definition) is 0. The van der Waals surface area contributed by atoms with Gasteiger partial charge in [0.15, 0.2) is 0 Å². The molecule has 0 spiro atoms. The van der Waals surface area contributed by atoms with Crippen LogP contribution in [0.4, 0.5) is 5.69 Å². The van der Waals surface area contributed by atoms with Crippen molar-refractivity contribution in [3.63, 3.8) is 0 Å². The second kappa shape index (κ2) is 12.6. The maximum absolute atomic E-state index is 14.0. The molecule has 0 aromatic heterocycles. The molecule has 0 aliphatic carbocycles. The summed E-state index contributed by atoms with van der Waals surface area (Å²) in [6.45, 7) is 9.41. The van der Waals surface area contributed by atoms with Crippen LogP contribution in [0.5, 0.6) is 0 Å². The first kappa shape index (κ1) is 25.7. The van der Waals surface area contributed by atoms with Crippen LogP contribution in [0.3, 0.4) is 0 Å². The molecule has 0 bridgehead atoms. The van der Waals surface area contributed by atoms with Crippen molar-refractivity contribution in [1.29, 1.82) is 0 Å². The van der Waals surface area contributed by atoms with E-state index in [-0.39, 0.29) is 5.92 Å². The van der Waals surface area contributed by atoms with E-state index >= 15 is 0 Å². The summed E-state index contributed by atoms with van der Waals surface area (Å²) in [5.74, 6) is 3.64. The Morgan fingerprint density at radius 1 is 0.943 bits per heavy atom. The second-order valence-corrected chi connectivity index (χ2v) is 21.7. The average molecular weight is 572 g/mol. The summed E-state index contributed by atoms with van der Waals surface area (Å²) in [6.07, 6.45) is 3.36. The zero-order chi connectivity index (χ0) is 24.0. The Kier molecular flexibility index (Phi) is 9.23. The summed E-state index contributed by atoms with van der Waals surface area (Å²) in [5.41, 5.74) is 2.45. The number of hydrogen-bond acceptors (Lipinski definition) is 5. The van der Waals surface area contributed by atoms with Gasteiger partial charge in [-0.3, -0.25) is 0 Å². The van der Waals surface area contributed by atoms with Gasteiger partial charge in [0.1, 0.15) is 0 Å². The summed E-state index contributed by atoms with van der Waals surface area (Å²) in [7, 11) is 4.37. The van der Waals surface area contributed by atoms with E-state index in [0.717, 1.165) is 44.8 Å². The molecule has 2 aromatic rings. The van der Waals surface area contributed by atoms with Crippen LogP contribution in [-0.2, 0) is 11.3 Å². The quantitative estimate of drug-likeness (QED) is 0.437. The summed E-state index contributed by atoms with van der Waals surface area (Å²) in [4.78, 5) is 21.1. The molecule has 7 heteroatoms. The molecule has 3 saturated heterocycles. The van der Waals surface area contributed by atoms with Crippen LogP contribution >= 0.6 is 20.0 Å². The van der Waals surface area contributed by atoms with E-state index in [2.05, 4.69) is 96.3 Å². The van der Waals surface area contributed by atoms with E-state index in [9.17, 15) is 4.79 Å². The van der Waals surface area contributed by atoms with Gasteiger partial charge in [-0.05, 0) is 0 Å². The first-order valence-corrected chi connectivity index (χ1v) is 20.6. The van der Waals surface area contributed by atoms with Crippen molar-refractivity contribution in [3.8, 4) is 0 Å². The monoisotopic (exact) mass is 571 g/mol. The van der Waals surface area contributed by atoms with E-state index < -0.39 is 12.3 Å². The fourth-order valence-corrected chi connectivity index (χ4v) is 19.6. The Hall–Kier alpha value is -0.912. The second-order valence-electron chi connectivity index (χ2n) is 9.97. The minimum atomic E-state index is -0.983. The van der Waals surface area contributed by atoms with E-state index in [0.29, 0.717) is 11.8 Å². The Morgan fingerprint density at radius 2 is 1.63 bits per heavy atom. The number of likely N-dealkylation sites (tertiary alicyclic amines) is 2. The van der Waals surface area contributed by atoms with Gasteiger partial charge < -0.3 is 0 Å². The zero-order valence-electron chi connectivity index (χ0n) is 20.8. The summed E-state index contributed by atoms with van der Waals surface area (Å²) in [6, 6.07) is 19.8. The molecule has 3 fully saturated rings. The van der Waals surface area contributed by atoms with Gasteiger partial charge in [-0.1, -0.05) is 18.2 Å². The maximum atomic E-state index is 14.0. The number of rotatable bonds is 8. The van der Waals surface area contributed by atoms with Gasteiger partial charge in [0, 0.05) is 0 Å². The molecule has 0 N–H and O–H groups in total. The number of anilines is 1. The van der Waals surface area contributed by atoms with Crippen molar-refractivity contribution in [3.05, 3.63) is 60.2 Å². The van der Waals surface area contributed by atoms with E-state index in [1.807, 2.05) is 0 Å². The molecule has 2 aromatic carbocycles. The third kappa shape index (κ3) is 6.70. The topological polar surface area (TPSA) is 26.8 Å². The number of nitrogens with zero attached hydrogens (tertiary/aromatic N) is 3. The molecule has 1 amide bonds. The van der Waals surface area contributed by atoms with E-state index in [4.69, 9.17) is 0 Å². The van der Waals surface area contributed by atoms with Gasteiger partial charge in [0.05, 0.1) is 0 Å². The van der Waals surface area contributed by atoms with Crippen molar-refractivity contribution in [2.45, 2.75) is 32.7 Å². The molecule has 188 valence electrons. The molecule has 3 aliphatic rings. The SMILES string of the molecule is CCN1CCC(CN(C(=O)[C@H]2CCN(Cc3ccccc3)C2)c2ccc([As]3SCCS3)cc2)CC1. The predicted octanol–water partition coefficient (Wildman–Crippen LogP) is 4.45. The molecular weight excluding hydrogens is 533 g/mol. The molecule has 3 heterocycles. The molecule has 0 saturated carbocycles. The van der Waals surface area contributed by atoms with Gasteiger partial charge in [-0.25, -0.2) is 0 Å². The molecule has 1 atom stereocenters.